The molecule has 0 saturated heterocycles. The third-order valence-corrected chi connectivity index (χ3v) is 6.26. The second kappa shape index (κ2) is 9.91. The zero-order valence-electron chi connectivity index (χ0n) is 18.9. The minimum Gasteiger partial charge on any atom is -0.496 e. The van der Waals surface area contributed by atoms with Crippen LogP contribution in [-0.2, 0) is 13.1 Å². The summed E-state index contributed by atoms with van der Waals surface area (Å²) in [6.45, 7) is 2.96. The number of rotatable bonds is 9. The zero-order valence-corrected chi connectivity index (χ0v) is 19.7. The van der Waals surface area contributed by atoms with Crippen molar-refractivity contribution in [2.45, 2.75) is 20.0 Å². The first-order valence-corrected chi connectivity index (χ1v) is 11.1. The van der Waals surface area contributed by atoms with Crippen LogP contribution >= 0.6 is 11.3 Å². The van der Waals surface area contributed by atoms with Crippen molar-refractivity contribution in [3.8, 4) is 27.8 Å². The summed E-state index contributed by atoms with van der Waals surface area (Å²) in [4.78, 5) is 5.63. The largest absolute Gasteiger partial charge is 0.496 e. The predicted octanol–water partition coefficient (Wildman–Crippen LogP) is 5.14. The van der Waals surface area contributed by atoms with Gasteiger partial charge in [-0.15, -0.1) is 0 Å². The van der Waals surface area contributed by atoms with Gasteiger partial charge in [0.25, 0.3) is 0 Å². The van der Waals surface area contributed by atoms with E-state index in [1.54, 1.807) is 38.1 Å². The normalized spacial score (nSPS) is 10.8. The number of aryl methyl sites for hydroxylation is 1. The standard InChI is InChI=1S/C24H25FN4O3S/c1-15-23(19-8-9-29(28-19)14-16-6-5-7-18(25)10-16)33-24(27-15)26-13-17-11-21(31-3)22(32-4)12-20(17)30-2/h5-12H,13-14H2,1-4H3,(H,26,27). The SMILES string of the molecule is COc1cc(OC)c(OC)cc1CNc1nc(C)c(-c2ccn(Cc3cccc(F)c3)n2)s1. The fourth-order valence-electron chi connectivity index (χ4n) is 3.50. The maximum absolute atomic E-state index is 13.5. The van der Waals surface area contributed by atoms with Gasteiger partial charge in [-0.1, -0.05) is 23.5 Å². The number of halogens is 1. The van der Waals surface area contributed by atoms with Crippen LogP contribution in [0.25, 0.3) is 10.6 Å². The lowest BCUT2D eigenvalue weighted by Crippen LogP contribution is -2.03. The van der Waals surface area contributed by atoms with Gasteiger partial charge in [-0.3, -0.25) is 4.68 Å². The number of anilines is 1. The molecule has 2 aromatic carbocycles. The quantitative estimate of drug-likeness (QED) is 0.367. The molecule has 9 heteroatoms. The van der Waals surface area contributed by atoms with E-state index in [-0.39, 0.29) is 5.82 Å². The molecule has 0 radical (unpaired) electrons. The number of thiazole rings is 1. The molecule has 7 nitrogen and oxygen atoms in total. The van der Waals surface area contributed by atoms with Crippen molar-refractivity contribution in [1.82, 2.24) is 14.8 Å². The van der Waals surface area contributed by atoms with Crippen molar-refractivity contribution in [2.75, 3.05) is 26.6 Å². The highest BCUT2D eigenvalue weighted by Gasteiger charge is 2.15. The smallest absolute Gasteiger partial charge is 0.183 e. The number of benzene rings is 2. The molecule has 172 valence electrons. The Kier molecular flexibility index (Phi) is 6.79. The van der Waals surface area contributed by atoms with Gasteiger partial charge in [-0.25, -0.2) is 9.37 Å². The maximum atomic E-state index is 13.5. The third kappa shape index (κ3) is 5.09. The molecular weight excluding hydrogens is 443 g/mol. The van der Waals surface area contributed by atoms with E-state index in [0.717, 1.165) is 32.5 Å². The Hall–Kier alpha value is -3.59. The number of aromatic nitrogens is 3. The summed E-state index contributed by atoms with van der Waals surface area (Å²) < 4.78 is 31.5. The van der Waals surface area contributed by atoms with Crippen LogP contribution in [0.5, 0.6) is 17.2 Å². The number of hydrogen-bond acceptors (Lipinski definition) is 7. The zero-order chi connectivity index (χ0) is 23.4. The second-order valence-electron chi connectivity index (χ2n) is 7.33. The van der Waals surface area contributed by atoms with Crippen LogP contribution in [0.2, 0.25) is 0 Å². The van der Waals surface area contributed by atoms with E-state index in [9.17, 15) is 4.39 Å². The minimum atomic E-state index is -0.250. The van der Waals surface area contributed by atoms with Crippen LogP contribution in [0.3, 0.4) is 0 Å². The number of hydrogen-bond donors (Lipinski definition) is 1. The van der Waals surface area contributed by atoms with Crippen LogP contribution in [0.1, 0.15) is 16.8 Å². The molecule has 2 heterocycles. The van der Waals surface area contributed by atoms with Gasteiger partial charge in [0.2, 0.25) is 0 Å². The van der Waals surface area contributed by atoms with E-state index in [0.29, 0.717) is 30.3 Å². The minimum absolute atomic E-state index is 0.250. The average molecular weight is 469 g/mol. The highest BCUT2D eigenvalue weighted by Crippen LogP contribution is 2.36. The fraction of sp³-hybridized carbons (Fsp3) is 0.250. The highest BCUT2D eigenvalue weighted by atomic mass is 32.1. The van der Waals surface area contributed by atoms with Crippen molar-refractivity contribution in [3.63, 3.8) is 0 Å². The number of nitrogens with one attached hydrogen (secondary N) is 1. The first kappa shape index (κ1) is 22.6. The average Bonchev–Trinajstić information content (AvgIpc) is 3.42. The molecule has 0 amide bonds. The molecule has 0 aliphatic carbocycles. The molecule has 0 atom stereocenters. The lowest BCUT2D eigenvalue weighted by atomic mass is 10.1. The fourth-order valence-corrected chi connectivity index (χ4v) is 4.43. The summed E-state index contributed by atoms with van der Waals surface area (Å²) in [7, 11) is 4.82. The van der Waals surface area contributed by atoms with Crippen LogP contribution in [0.4, 0.5) is 9.52 Å². The van der Waals surface area contributed by atoms with Crippen LogP contribution in [-0.4, -0.2) is 36.1 Å². The predicted molar refractivity (Wildman–Crippen MR) is 127 cm³/mol. The molecule has 0 aliphatic rings. The summed E-state index contributed by atoms with van der Waals surface area (Å²) in [6, 6.07) is 12.2. The first-order valence-electron chi connectivity index (χ1n) is 10.3. The van der Waals surface area contributed by atoms with Crippen LogP contribution in [0.15, 0.2) is 48.7 Å². The molecule has 4 rings (SSSR count). The third-order valence-electron chi connectivity index (χ3n) is 5.12. The summed E-state index contributed by atoms with van der Waals surface area (Å²) in [5, 5.41) is 8.79. The number of nitrogens with zero attached hydrogens (tertiary/aromatic N) is 3. The Bertz CT molecular complexity index is 1250. The van der Waals surface area contributed by atoms with Gasteiger partial charge in [0.05, 0.1) is 38.4 Å². The lowest BCUT2D eigenvalue weighted by molar-refractivity contribution is 0.347. The molecule has 0 fully saturated rings. The van der Waals surface area contributed by atoms with Gasteiger partial charge in [-0.05, 0) is 36.8 Å². The summed E-state index contributed by atoms with van der Waals surface area (Å²) in [5.41, 5.74) is 3.50. The molecule has 2 aromatic heterocycles. The van der Waals surface area contributed by atoms with E-state index >= 15 is 0 Å². The van der Waals surface area contributed by atoms with Crippen molar-refractivity contribution < 1.29 is 18.6 Å². The van der Waals surface area contributed by atoms with E-state index < -0.39 is 0 Å². The molecule has 33 heavy (non-hydrogen) atoms. The van der Waals surface area contributed by atoms with Crippen molar-refractivity contribution >= 4 is 16.5 Å². The lowest BCUT2D eigenvalue weighted by Gasteiger charge is -2.14. The van der Waals surface area contributed by atoms with Gasteiger partial charge >= 0.3 is 0 Å². The van der Waals surface area contributed by atoms with Crippen LogP contribution < -0.4 is 19.5 Å². The molecule has 1 N–H and O–H groups in total. The van der Waals surface area contributed by atoms with E-state index in [2.05, 4.69) is 15.4 Å². The van der Waals surface area contributed by atoms with Gasteiger partial charge in [-0.2, -0.15) is 5.10 Å². The highest BCUT2D eigenvalue weighted by molar-refractivity contribution is 7.19. The Labute approximate surface area is 195 Å². The van der Waals surface area contributed by atoms with E-state index in [1.165, 1.54) is 23.5 Å². The number of methoxy groups -OCH3 is 3. The molecule has 0 bridgehead atoms. The maximum Gasteiger partial charge on any atom is 0.183 e. The van der Waals surface area contributed by atoms with Gasteiger partial charge in [0.15, 0.2) is 16.6 Å². The summed E-state index contributed by atoms with van der Waals surface area (Å²) in [6.07, 6.45) is 1.89. The Morgan fingerprint density at radius 2 is 1.76 bits per heavy atom. The molecule has 0 saturated carbocycles. The van der Waals surface area contributed by atoms with Crippen LogP contribution in [0, 0.1) is 12.7 Å². The molecule has 4 aromatic rings. The molecule has 0 aliphatic heterocycles. The Morgan fingerprint density at radius 1 is 1.00 bits per heavy atom. The topological polar surface area (TPSA) is 70.4 Å². The monoisotopic (exact) mass is 468 g/mol. The number of ether oxygens (including phenoxy) is 3. The Balaban J connectivity index is 1.49. The van der Waals surface area contributed by atoms with Gasteiger partial charge in [0.1, 0.15) is 17.3 Å². The van der Waals surface area contributed by atoms with Crippen molar-refractivity contribution in [1.29, 1.82) is 0 Å². The van der Waals surface area contributed by atoms with Crippen molar-refractivity contribution in [3.05, 3.63) is 71.3 Å². The van der Waals surface area contributed by atoms with E-state index in [4.69, 9.17) is 14.2 Å². The Morgan fingerprint density at radius 3 is 2.48 bits per heavy atom. The molecular formula is C24H25FN4O3S. The molecule has 0 unspecified atom stereocenters. The second-order valence-corrected chi connectivity index (χ2v) is 8.33. The van der Waals surface area contributed by atoms with Gasteiger partial charge < -0.3 is 19.5 Å². The summed E-state index contributed by atoms with van der Waals surface area (Å²) in [5.74, 6) is 1.69. The molecule has 0 spiro atoms. The van der Waals surface area contributed by atoms with E-state index in [1.807, 2.05) is 31.3 Å². The van der Waals surface area contributed by atoms with Gasteiger partial charge in [0, 0.05) is 24.4 Å². The summed E-state index contributed by atoms with van der Waals surface area (Å²) >= 11 is 1.53. The first-order chi connectivity index (χ1) is 16.0. The van der Waals surface area contributed by atoms with Crippen molar-refractivity contribution in [2.24, 2.45) is 0 Å².